The van der Waals surface area contributed by atoms with Gasteiger partial charge in [0.25, 0.3) is 0 Å². The molecule has 4 N–H and O–H groups in total. The zero-order valence-electron chi connectivity index (χ0n) is 19.3. The molecule has 31 heavy (non-hydrogen) atoms. The molecule has 0 amide bonds. The van der Waals surface area contributed by atoms with Crippen LogP contribution in [0.3, 0.4) is 0 Å². The Labute approximate surface area is 186 Å². The largest absolute Gasteiger partial charge is 0.478 e. The van der Waals surface area contributed by atoms with Gasteiger partial charge in [-0.15, -0.1) is 0 Å². The van der Waals surface area contributed by atoms with E-state index in [0.717, 1.165) is 18.7 Å². The van der Waals surface area contributed by atoms with Gasteiger partial charge in [-0.2, -0.15) is 0 Å². The van der Waals surface area contributed by atoms with Gasteiger partial charge >= 0.3 is 5.97 Å². The number of hydrogen-bond acceptors (Lipinski definition) is 3. The number of fused-ring (bicyclic) bond motifs is 3. The van der Waals surface area contributed by atoms with Gasteiger partial charge in [-0.1, -0.05) is 52.3 Å². The van der Waals surface area contributed by atoms with Gasteiger partial charge in [0.1, 0.15) is 0 Å². The van der Waals surface area contributed by atoms with Crippen LogP contribution in [0.1, 0.15) is 86.3 Å². The van der Waals surface area contributed by atoms with Crippen LogP contribution in [0, 0.1) is 11.3 Å². The lowest BCUT2D eigenvalue weighted by Gasteiger charge is -2.55. The molecule has 166 valence electrons. The highest BCUT2D eigenvalue weighted by Gasteiger charge is 2.51. The van der Waals surface area contributed by atoms with Crippen molar-refractivity contribution in [2.24, 2.45) is 11.3 Å². The average Bonchev–Trinajstić information content (AvgIpc) is 2.72. The summed E-state index contributed by atoms with van der Waals surface area (Å²) in [7, 11) is 0. The highest BCUT2D eigenvalue weighted by molar-refractivity contribution is 5.90. The van der Waals surface area contributed by atoms with E-state index in [9.17, 15) is 9.90 Å². The Hall–Kier alpha value is -2.49. The molecule has 4 heteroatoms. The van der Waals surface area contributed by atoms with Crippen molar-refractivity contribution in [3.05, 3.63) is 58.7 Å². The number of nitrogen functional groups attached to an aromatic ring is 1. The second kappa shape index (κ2) is 7.89. The molecule has 0 unspecified atom stereocenters. The molecule has 2 aromatic carbocycles. The summed E-state index contributed by atoms with van der Waals surface area (Å²) < 4.78 is 0. The zero-order valence-corrected chi connectivity index (χ0v) is 19.3. The first-order valence-electron chi connectivity index (χ1n) is 11.6. The molecule has 0 saturated heterocycles. The SMILES string of the molecule is CC(C)c1ccc2c(c1)CC[C@H]1[C@@](C)(CNc3ccc(C(=O)O)cc3N)CCC[C@]21C. The summed E-state index contributed by atoms with van der Waals surface area (Å²) in [5, 5.41) is 12.8. The second-order valence-electron chi connectivity index (χ2n) is 10.5. The fourth-order valence-electron chi connectivity index (χ4n) is 6.37. The molecule has 4 nitrogen and oxygen atoms in total. The number of rotatable bonds is 5. The quantitative estimate of drug-likeness (QED) is 0.502. The number of aromatic carboxylic acids is 1. The third-order valence-electron chi connectivity index (χ3n) is 8.15. The van der Waals surface area contributed by atoms with Crippen molar-refractivity contribution < 1.29 is 9.90 Å². The fourth-order valence-corrected chi connectivity index (χ4v) is 6.37. The Balaban J connectivity index is 1.58. The van der Waals surface area contributed by atoms with E-state index in [0.29, 0.717) is 17.5 Å². The molecular formula is C27H36N2O2. The number of carboxylic acids is 1. The lowest BCUT2D eigenvalue weighted by molar-refractivity contribution is 0.0359. The second-order valence-corrected chi connectivity index (χ2v) is 10.5. The van der Waals surface area contributed by atoms with Gasteiger partial charge in [0.2, 0.25) is 0 Å². The third kappa shape index (κ3) is 3.81. The van der Waals surface area contributed by atoms with E-state index in [4.69, 9.17) is 5.73 Å². The Kier molecular flexibility index (Phi) is 5.53. The first kappa shape index (κ1) is 21.7. The zero-order chi connectivity index (χ0) is 22.4. The molecule has 1 saturated carbocycles. The number of benzene rings is 2. The maximum absolute atomic E-state index is 11.2. The number of anilines is 2. The predicted molar refractivity (Wildman–Crippen MR) is 128 cm³/mol. The van der Waals surface area contributed by atoms with E-state index in [-0.39, 0.29) is 16.4 Å². The van der Waals surface area contributed by atoms with Crippen LogP contribution < -0.4 is 11.1 Å². The number of aryl methyl sites for hydroxylation is 1. The lowest BCUT2D eigenvalue weighted by atomic mass is 9.49. The molecule has 2 aliphatic carbocycles. The van der Waals surface area contributed by atoms with E-state index in [2.05, 4.69) is 51.2 Å². The van der Waals surface area contributed by atoms with Crippen molar-refractivity contribution in [1.29, 1.82) is 0 Å². The van der Waals surface area contributed by atoms with Gasteiger partial charge in [0.15, 0.2) is 0 Å². The van der Waals surface area contributed by atoms with E-state index < -0.39 is 5.97 Å². The molecular weight excluding hydrogens is 384 g/mol. The molecule has 0 heterocycles. The molecule has 0 aliphatic heterocycles. The minimum atomic E-state index is -0.949. The molecule has 4 rings (SSSR count). The summed E-state index contributed by atoms with van der Waals surface area (Å²) in [6, 6.07) is 12.2. The molecule has 2 aromatic rings. The summed E-state index contributed by atoms with van der Waals surface area (Å²) in [6.45, 7) is 10.3. The Morgan fingerprint density at radius 1 is 1.19 bits per heavy atom. The first-order chi connectivity index (χ1) is 14.6. The molecule has 3 atom stereocenters. The van der Waals surface area contributed by atoms with Crippen molar-refractivity contribution >= 4 is 17.3 Å². The first-order valence-corrected chi connectivity index (χ1v) is 11.6. The fraction of sp³-hybridized carbons (Fsp3) is 0.519. The normalized spacial score (nSPS) is 27.5. The average molecular weight is 421 g/mol. The standard InChI is InChI=1S/C27H36N2O2/c1-17(2)18-6-9-21-19(14-18)8-11-24-26(3,12-5-13-27(21,24)4)16-29-23-10-7-20(25(30)31)15-22(23)28/h6-7,9-10,14-15,17,24,29H,5,8,11-13,16,28H2,1-4H3,(H,30,31)/t24-,26+,27+/m0/s1. The highest BCUT2D eigenvalue weighted by Crippen LogP contribution is 2.57. The van der Waals surface area contributed by atoms with Crippen LogP contribution in [0.15, 0.2) is 36.4 Å². The van der Waals surface area contributed by atoms with Crippen molar-refractivity contribution in [2.75, 3.05) is 17.6 Å². The van der Waals surface area contributed by atoms with Crippen LogP contribution in [0.2, 0.25) is 0 Å². The minimum Gasteiger partial charge on any atom is -0.478 e. The van der Waals surface area contributed by atoms with Crippen molar-refractivity contribution in [2.45, 2.75) is 71.1 Å². The smallest absolute Gasteiger partial charge is 0.335 e. The molecule has 2 aliphatic rings. The minimum absolute atomic E-state index is 0.166. The predicted octanol–water partition coefficient (Wildman–Crippen LogP) is 6.21. The Morgan fingerprint density at radius 3 is 2.65 bits per heavy atom. The molecule has 1 fully saturated rings. The summed E-state index contributed by atoms with van der Waals surface area (Å²) in [6.07, 6.45) is 6.05. The van der Waals surface area contributed by atoms with E-state index in [1.54, 1.807) is 29.3 Å². The summed E-state index contributed by atoms with van der Waals surface area (Å²) >= 11 is 0. The summed E-state index contributed by atoms with van der Waals surface area (Å²) in [5.74, 6) is 0.225. The summed E-state index contributed by atoms with van der Waals surface area (Å²) in [4.78, 5) is 11.2. The Morgan fingerprint density at radius 2 is 1.97 bits per heavy atom. The van der Waals surface area contributed by atoms with Gasteiger partial charge in [-0.3, -0.25) is 0 Å². The number of nitrogens with two attached hydrogens (primary N) is 1. The van der Waals surface area contributed by atoms with Crippen LogP contribution in [-0.4, -0.2) is 17.6 Å². The van der Waals surface area contributed by atoms with Crippen molar-refractivity contribution in [1.82, 2.24) is 0 Å². The highest BCUT2D eigenvalue weighted by atomic mass is 16.4. The van der Waals surface area contributed by atoms with E-state index >= 15 is 0 Å². The number of hydrogen-bond donors (Lipinski definition) is 3. The van der Waals surface area contributed by atoms with Gasteiger partial charge in [0, 0.05) is 6.54 Å². The van der Waals surface area contributed by atoms with Gasteiger partial charge in [-0.05, 0) is 83.2 Å². The van der Waals surface area contributed by atoms with Crippen molar-refractivity contribution in [3.8, 4) is 0 Å². The molecule has 0 bridgehead atoms. The maximum Gasteiger partial charge on any atom is 0.335 e. The summed E-state index contributed by atoms with van der Waals surface area (Å²) in [5.41, 5.74) is 12.6. The maximum atomic E-state index is 11.2. The van der Waals surface area contributed by atoms with Gasteiger partial charge < -0.3 is 16.2 Å². The third-order valence-corrected chi connectivity index (χ3v) is 8.15. The van der Waals surface area contributed by atoms with Crippen molar-refractivity contribution in [3.63, 3.8) is 0 Å². The van der Waals surface area contributed by atoms with Crippen LogP contribution in [-0.2, 0) is 11.8 Å². The van der Waals surface area contributed by atoms with Crippen LogP contribution in [0.25, 0.3) is 0 Å². The molecule has 0 aromatic heterocycles. The van der Waals surface area contributed by atoms with Gasteiger partial charge in [0.05, 0.1) is 16.9 Å². The van der Waals surface area contributed by atoms with Crippen LogP contribution in [0.5, 0.6) is 0 Å². The number of nitrogens with one attached hydrogen (secondary N) is 1. The molecule has 0 spiro atoms. The van der Waals surface area contributed by atoms with Gasteiger partial charge in [-0.25, -0.2) is 4.79 Å². The van der Waals surface area contributed by atoms with Crippen LogP contribution >= 0.6 is 0 Å². The molecule has 0 radical (unpaired) electrons. The van der Waals surface area contributed by atoms with Crippen LogP contribution in [0.4, 0.5) is 11.4 Å². The van der Waals surface area contributed by atoms with E-state index in [1.165, 1.54) is 31.2 Å². The lowest BCUT2D eigenvalue weighted by Crippen LogP contribution is -2.51. The van der Waals surface area contributed by atoms with E-state index in [1.807, 2.05) is 0 Å². The number of carboxylic acid groups (broad SMARTS) is 1. The monoisotopic (exact) mass is 420 g/mol. The number of carbonyl (C=O) groups is 1. The Bertz CT molecular complexity index is 999. The topological polar surface area (TPSA) is 75.3 Å².